The lowest BCUT2D eigenvalue weighted by Crippen LogP contribution is -2.12. The monoisotopic (exact) mass is 272 g/mol. The molecule has 0 amide bonds. The van der Waals surface area contributed by atoms with E-state index >= 15 is 0 Å². The number of hydrogen-bond donors (Lipinski definition) is 1. The van der Waals surface area contributed by atoms with Gasteiger partial charge in [-0.15, -0.1) is 11.3 Å². The fraction of sp³-hybridized carbons (Fsp3) is 0.133. The van der Waals surface area contributed by atoms with Gasteiger partial charge in [0.15, 0.2) is 0 Å². The molecule has 0 aliphatic carbocycles. The van der Waals surface area contributed by atoms with E-state index in [0.717, 1.165) is 21.3 Å². The van der Waals surface area contributed by atoms with Gasteiger partial charge in [-0.3, -0.25) is 4.98 Å². The quantitative estimate of drug-likeness (QED) is 0.770. The molecule has 0 aliphatic rings. The van der Waals surface area contributed by atoms with Crippen molar-refractivity contribution >= 4 is 21.6 Å². The van der Waals surface area contributed by atoms with E-state index in [-0.39, 0.29) is 11.9 Å². The van der Waals surface area contributed by atoms with Crippen LogP contribution in [-0.4, -0.2) is 4.98 Å². The van der Waals surface area contributed by atoms with Crippen molar-refractivity contribution in [3.63, 3.8) is 0 Å². The van der Waals surface area contributed by atoms with Gasteiger partial charge in [-0.05, 0) is 47.2 Å². The molecule has 96 valence electrons. The lowest BCUT2D eigenvalue weighted by molar-refractivity contribution is 0.617. The summed E-state index contributed by atoms with van der Waals surface area (Å²) in [6.07, 6.45) is 1.79. The molecule has 4 heteroatoms. The molecule has 2 nitrogen and oxygen atoms in total. The van der Waals surface area contributed by atoms with E-state index in [0.29, 0.717) is 5.56 Å². The van der Waals surface area contributed by atoms with Gasteiger partial charge >= 0.3 is 0 Å². The number of pyridine rings is 1. The van der Waals surface area contributed by atoms with E-state index in [1.54, 1.807) is 36.6 Å². The number of nitrogens with zero attached hydrogens (tertiary/aromatic N) is 1. The lowest BCUT2D eigenvalue weighted by atomic mass is 9.99. The third kappa shape index (κ3) is 2.25. The third-order valence-electron chi connectivity index (χ3n) is 3.22. The topological polar surface area (TPSA) is 38.9 Å². The first kappa shape index (κ1) is 12.3. The van der Waals surface area contributed by atoms with Gasteiger partial charge in [0.25, 0.3) is 0 Å². The van der Waals surface area contributed by atoms with Crippen molar-refractivity contribution in [3.8, 4) is 0 Å². The minimum atomic E-state index is -0.279. The molecule has 0 radical (unpaired) electrons. The molecule has 0 aliphatic heterocycles. The van der Waals surface area contributed by atoms with Crippen LogP contribution in [0.1, 0.15) is 22.7 Å². The Balaban J connectivity index is 2.01. The van der Waals surface area contributed by atoms with Crippen LogP contribution in [0.15, 0.2) is 41.9 Å². The van der Waals surface area contributed by atoms with Gasteiger partial charge in [0.2, 0.25) is 0 Å². The van der Waals surface area contributed by atoms with Crippen molar-refractivity contribution < 1.29 is 4.39 Å². The van der Waals surface area contributed by atoms with E-state index in [2.05, 4.69) is 11.1 Å². The number of halogens is 1. The highest BCUT2D eigenvalue weighted by Crippen LogP contribution is 2.26. The number of thiophene rings is 1. The predicted octanol–water partition coefficient (Wildman–Crippen LogP) is 3.79. The Morgan fingerprint density at radius 2 is 2.05 bits per heavy atom. The molecular formula is C15H13FN2S. The average Bonchev–Trinajstić information content (AvgIpc) is 2.88. The van der Waals surface area contributed by atoms with Gasteiger partial charge in [-0.2, -0.15) is 0 Å². The first-order chi connectivity index (χ1) is 9.15. The molecule has 0 saturated carbocycles. The zero-order chi connectivity index (χ0) is 13.4. The first-order valence-electron chi connectivity index (χ1n) is 6.00. The van der Waals surface area contributed by atoms with Crippen molar-refractivity contribution in [1.82, 2.24) is 4.98 Å². The lowest BCUT2D eigenvalue weighted by Gasteiger charge is -2.13. The SMILES string of the molecule is Cc1cc(C(N)c2cnc3ccsc3c2)ccc1F. The first-order valence-corrected chi connectivity index (χ1v) is 6.88. The van der Waals surface area contributed by atoms with Crippen LogP contribution in [0, 0.1) is 12.7 Å². The van der Waals surface area contributed by atoms with Gasteiger partial charge in [0, 0.05) is 6.20 Å². The molecule has 3 rings (SSSR count). The standard InChI is InChI=1S/C15H13FN2S/c1-9-6-10(2-3-12(9)16)15(17)11-7-14-13(18-8-11)4-5-19-14/h2-8,15H,17H2,1H3. The molecular weight excluding hydrogens is 259 g/mol. The number of rotatable bonds is 2. The zero-order valence-corrected chi connectivity index (χ0v) is 11.2. The fourth-order valence-electron chi connectivity index (χ4n) is 2.09. The Morgan fingerprint density at radius 1 is 1.21 bits per heavy atom. The maximum atomic E-state index is 13.3. The molecule has 19 heavy (non-hydrogen) atoms. The van der Waals surface area contributed by atoms with Gasteiger partial charge in [0.05, 0.1) is 16.3 Å². The summed E-state index contributed by atoms with van der Waals surface area (Å²) in [4.78, 5) is 4.38. The second kappa shape index (κ2) is 4.72. The van der Waals surface area contributed by atoms with Gasteiger partial charge in [-0.1, -0.05) is 12.1 Å². The predicted molar refractivity (Wildman–Crippen MR) is 76.8 cm³/mol. The number of fused-ring (bicyclic) bond motifs is 1. The average molecular weight is 272 g/mol. The summed E-state index contributed by atoms with van der Waals surface area (Å²) < 4.78 is 14.4. The largest absolute Gasteiger partial charge is 0.320 e. The van der Waals surface area contributed by atoms with Crippen LogP contribution in [0.2, 0.25) is 0 Å². The van der Waals surface area contributed by atoms with Crippen LogP contribution in [0.3, 0.4) is 0 Å². The normalized spacial score (nSPS) is 12.8. The van der Waals surface area contributed by atoms with Crippen LogP contribution >= 0.6 is 11.3 Å². The fourth-order valence-corrected chi connectivity index (χ4v) is 2.87. The summed E-state index contributed by atoms with van der Waals surface area (Å²) in [5.74, 6) is -0.206. The Labute approximate surface area is 114 Å². The molecule has 1 aromatic carbocycles. The van der Waals surface area contributed by atoms with E-state index in [1.165, 1.54) is 6.07 Å². The Hall–Kier alpha value is -1.78. The van der Waals surface area contributed by atoms with Crippen LogP contribution in [0.5, 0.6) is 0 Å². The molecule has 2 N–H and O–H groups in total. The number of nitrogens with two attached hydrogens (primary N) is 1. The minimum absolute atomic E-state index is 0.206. The highest BCUT2D eigenvalue weighted by Gasteiger charge is 2.12. The molecule has 0 fully saturated rings. The summed E-state index contributed by atoms with van der Waals surface area (Å²) >= 11 is 1.64. The number of benzene rings is 1. The highest BCUT2D eigenvalue weighted by molar-refractivity contribution is 7.17. The molecule has 0 spiro atoms. The van der Waals surface area contributed by atoms with Crippen LogP contribution in [0.4, 0.5) is 4.39 Å². The molecule has 2 aromatic heterocycles. The van der Waals surface area contributed by atoms with Crippen molar-refractivity contribution in [2.75, 3.05) is 0 Å². The third-order valence-corrected chi connectivity index (χ3v) is 4.08. The minimum Gasteiger partial charge on any atom is -0.320 e. The summed E-state index contributed by atoms with van der Waals surface area (Å²) in [5.41, 5.74) is 9.67. The molecule has 3 aromatic rings. The Kier molecular flexibility index (Phi) is 3.05. The molecule has 1 unspecified atom stereocenters. The maximum Gasteiger partial charge on any atom is 0.126 e. The molecule has 1 atom stereocenters. The Morgan fingerprint density at radius 3 is 2.84 bits per heavy atom. The van der Waals surface area contributed by atoms with E-state index in [4.69, 9.17) is 5.73 Å². The van der Waals surface area contributed by atoms with Gasteiger partial charge < -0.3 is 5.73 Å². The molecule has 0 bridgehead atoms. The number of aromatic nitrogens is 1. The van der Waals surface area contributed by atoms with Crippen molar-refractivity contribution in [2.45, 2.75) is 13.0 Å². The van der Waals surface area contributed by atoms with Gasteiger partial charge in [0.1, 0.15) is 5.82 Å². The van der Waals surface area contributed by atoms with Crippen LogP contribution < -0.4 is 5.73 Å². The summed E-state index contributed by atoms with van der Waals surface area (Å²) in [6, 6.07) is 8.73. The number of aryl methyl sites for hydroxylation is 1. The second-order valence-electron chi connectivity index (χ2n) is 4.56. The van der Waals surface area contributed by atoms with Crippen LogP contribution in [0.25, 0.3) is 10.2 Å². The van der Waals surface area contributed by atoms with E-state index in [9.17, 15) is 4.39 Å². The highest BCUT2D eigenvalue weighted by atomic mass is 32.1. The Bertz CT molecular complexity index is 736. The number of hydrogen-bond acceptors (Lipinski definition) is 3. The molecule has 2 heterocycles. The maximum absolute atomic E-state index is 13.3. The van der Waals surface area contributed by atoms with Crippen molar-refractivity contribution in [3.05, 3.63) is 64.4 Å². The van der Waals surface area contributed by atoms with Crippen molar-refractivity contribution in [2.24, 2.45) is 5.73 Å². The smallest absolute Gasteiger partial charge is 0.126 e. The summed E-state index contributed by atoms with van der Waals surface area (Å²) in [6.45, 7) is 1.74. The van der Waals surface area contributed by atoms with E-state index < -0.39 is 0 Å². The van der Waals surface area contributed by atoms with Crippen molar-refractivity contribution in [1.29, 1.82) is 0 Å². The summed E-state index contributed by atoms with van der Waals surface area (Å²) in [5, 5.41) is 2.01. The second-order valence-corrected chi connectivity index (χ2v) is 5.51. The van der Waals surface area contributed by atoms with E-state index in [1.807, 2.05) is 11.4 Å². The van der Waals surface area contributed by atoms with Gasteiger partial charge in [-0.25, -0.2) is 4.39 Å². The molecule has 0 saturated heterocycles. The summed E-state index contributed by atoms with van der Waals surface area (Å²) in [7, 11) is 0. The van der Waals surface area contributed by atoms with Crippen LogP contribution in [-0.2, 0) is 0 Å². The zero-order valence-electron chi connectivity index (χ0n) is 10.4.